The van der Waals surface area contributed by atoms with E-state index in [1.54, 1.807) is 7.11 Å². The molecule has 8 heteroatoms. The molecule has 2 heterocycles. The Kier molecular flexibility index (Phi) is 7.00. The Morgan fingerprint density at radius 2 is 1.93 bits per heavy atom. The number of hydrogen-bond acceptors (Lipinski definition) is 6. The van der Waals surface area contributed by atoms with Crippen LogP contribution in [0.5, 0.6) is 0 Å². The number of morpholine rings is 1. The number of methoxy groups -OCH3 is 1. The van der Waals surface area contributed by atoms with E-state index in [-0.39, 0.29) is 24.6 Å². The van der Waals surface area contributed by atoms with E-state index >= 15 is 0 Å². The zero-order valence-corrected chi connectivity index (χ0v) is 17.2. The van der Waals surface area contributed by atoms with Crippen LogP contribution < -0.4 is 15.8 Å². The molecule has 1 N–H and O–H groups in total. The molecule has 29 heavy (non-hydrogen) atoms. The highest BCUT2D eigenvalue weighted by Crippen LogP contribution is 2.17. The van der Waals surface area contributed by atoms with Crippen LogP contribution in [-0.4, -0.2) is 48.9 Å². The van der Waals surface area contributed by atoms with Crippen LogP contribution >= 0.6 is 0 Å². The van der Waals surface area contributed by atoms with Crippen LogP contribution in [0.15, 0.2) is 35.1 Å². The van der Waals surface area contributed by atoms with Crippen molar-refractivity contribution in [3.63, 3.8) is 0 Å². The number of anilines is 2. The minimum atomic E-state index is -0.279. The maximum absolute atomic E-state index is 12.7. The Bertz CT molecular complexity index is 887. The topological polar surface area (TPSA) is 85.7 Å². The molecule has 0 saturated carbocycles. The lowest BCUT2D eigenvalue weighted by molar-refractivity contribution is -0.116. The van der Waals surface area contributed by atoms with Gasteiger partial charge >= 0.3 is 0 Å². The average molecular weight is 400 g/mol. The van der Waals surface area contributed by atoms with Gasteiger partial charge in [-0.1, -0.05) is 26.0 Å². The largest absolute Gasteiger partial charge is 0.378 e. The van der Waals surface area contributed by atoms with Gasteiger partial charge in [-0.2, -0.15) is 0 Å². The van der Waals surface area contributed by atoms with Crippen molar-refractivity contribution in [2.24, 2.45) is 0 Å². The molecule has 0 atom stereocenters. The number of aromatic nitrogens is 2. The second-order valence-electron chi connectivity index (χ2n) is 7.33. The number of nitrogens with zero attached hydrogens (tertiary/aromatic N) is 3. The van der Waals surface area contributed by atoms with Crippen molar-refractivity contribution < 1.29 is 14.3 Å². The molecule has 1 saturated heterocycles. The monoisotopic (exact) mass is 400 g/mol. The van der Waals surface area contributed by atoms with Gasteiger partial charge in [-0.3, -0.25) is 14.2 Å². The minimum absolute atomic E-state index is 0.113. The van der Waals surface area contributed by atoms with Gasteiger partial charge in [0.15, 0.2) is 0 Å². The first-order valence-electron chi connectivity index (χ1n) is 9.80. The van der Waals surface area contributed by atoms with Crippen molar-refractivity contribution in [3.8, 4) is 0 Å². The average Bonchev–Trinajstić information content (AvgIpc) is 2.71. The SMILES string of the molecule is COCc1cc(=O)n(CC(=O)Nc2ccc(C(C)C)cc2)c(N2CCOCC2)n1. The summed E-state index contributed by atoms with van der Waals surface area (Å²) in [7, 11) is 1.56. The van der Waals surface area contributed by atoms with Gasteiger partial charge in [0.25, 0.3) is 5.56 Å². The summed E-state index contributed by atoms with van der Waals surface area (Å²) in [5.41, 5.74) is 2.16. The third kappa shape index (κ3) is 5.42. The summed E-state index contributed by atoms with van der Waals surface area (Å²) in [5.74, 6) is 0.615. The lowest BCUT2D eigenvalue weighted by Gasteiger charge is -2.29. The smallest absolute Gasteiger partial charge is 0.255 e. The summed E-state index contributed by atoms with van der Waals surface area (Å²) in [5, 5.41) is 2.86. The van der Waals surface area contributed by atoms with Crippen LogP contribution in [0.3, 0.4) is 0 Å². The molecule has 0 radical (unpaired) electrons. The van der Waals surface area contributed by atoms with Gasteiger partial charge in [0, 0.05) is 32.0 Å². The van der Waals surface area contributed by atoms with Crippen LogP contribution in [0.4, 0.5) is 11.6 Å². The maximum atomic E-state index is 12.7. The Labute approximate surface area is 170 Å². The number of ether oxygens (including phenoxy) is 2. The summed E-state index contributed by atoms with van der Waals surface area (Å²) in [6.07, 6.45) is 0. The van der Waals surface area contributed by atoms with Gasteiger partial charge in [-0.25, -0.2) is 4.98 Å². The van der Waals surface area contributed by atoms with Crippen LogP contribution in [0.1, 0.15) is 31.0 Å². The Hall–Kier alpha value is -2.71. The van der Waals surface area contributed by atoms with Gasteiger partial charge in [0.05, 0.1) is 25.5 Å². The van der Waals surface area contributed by atoms with E-state index in [2.05, 4.69) is 24.1 Å². The Morgan fingerprint density at radius 1 is 1.24 bits per heavy atom. The van der Waals surface area contributed by atoms with E-state index < -0.39 is 0 Å². The Morgan fingerprint density at radius 3 is 2.55 bits per heavy atom. The summed E-state index contributed by atoms with van der Waals surface area (Å²) in [4.78, 5) is 31.9. The highest BCUT2D eigenvalue weighted by molar-refractivity contribution is 5.90. The number of carbonyl (C=O) groups is 1. The van der Waals surface area contributed by atoms with E-state index in [1.165, 1.54) is 16.2 Å². The lowest BCUT2D eigenvalue weighted by Crippen LogP contribution is -2.42. The van der Waals surface area contributed by atoms with Crippen molar-refractivity contribution in [2.75, 3.05) is 43.6 Å². The molecule has 1 aliphatic heterocycles. The third-order valence-corrected chi connectivity index (χ3v) is 4.79. The molecule has 2 aromatic rings. The summed E-state index contributed by atoms with van der Waals surface area (Å²) in [6.45, 7) is 6.69. The number of benzene rings is 1. The number of nitrogens with one attached hydrogen (secondary N) is 1. The fraction of sp³-hybridized carbons (Fsp3) is 0.476. The zero-order valence-electron chi connectivity index (χ0n) is 17.2. The molecule has 8 nitrogen and oxygen atoms in total. The van der Waals surface area contributed by atoms with Gasteiger partial charge in [-0.05, 0) is 23.6 Å². The van der Waals surface area contributed by atoms with Gasteiger partial charge in [-0.15, -0.1) is 0 Å². The molecule has 1 amide bonds. The molecule has 0 bridgehead atoms. The van der Waals surface area contributed by atoms with Crippen LogP contribution in [-0.2, 0) is 27.4 Å². The molecule has 3 rings (SSSR count). The minimum Gasteiger partial charge on any atom is -0.378 e. The van der Waals surface area contributed by atoms with Gasteiger partial charge in [0.2, 0.25) is 11.9 Å². The maximum Gasteiger partial charge on any atom is 0.255 e. The Balaban J connectivity index is 1.81. The van der Waals surface area contributed by atoms with Crippen LogP contribution in [0.2, 0.25) is 0 Å². The predicted molar refractivity (Wildman–Crippen MR) is 111 cm³/mol. The molecular weight excluding hydrogens is 372 g/mol. The van der Waals surface area contributed by atoms with E-state index in [0.717, 1.165) is 0 Å². The first-order chi connectivity index (χ1) is 14.0. The van der Waals surface area contributed by atoms with E-state index in [9.17, 15) is 9.59 Å². The molecule has 156 valence electrons. The van der Waals surface area contributed by atoms with Crippen molar-refractivity contribution in [2.45, 2.75) is 32.9 Å². The quantitative estimate of drug-likeness (QED) is 0.765. The number of hydrogen-bond donors (Lipinski definition) is 1. The van der Waals surface area contributed by atoms with Crippen molar-refractivity contribution in [3.05, 3.63) is 51.9 Å². The molecule has 1 fully saturated rings. The molecule has 0 unspecified atom stereocenters. The molecule has 0 aliphatic carbocycles. The third-order valence-electron chi connectivity index (χ3n) is 4.79. The normalized spacial score (nSPS) is 14.3. The first-order valence-corrected chi connectivity index (χ1v) is 9.80. The highest BCUT2D eigenvalue weighted by atomic mass is 16.5. The molecular formula is C21H28N4O4. The number of amides is 1. The molecule has 1 aromatic heterocycles. The van der Waals surface area contributed by atoms with Gasteiger partial charge < -0.3 is 19.7 Å². The molecule has 1 aliphatic rings. The van der Waals surface area contributed by atoms with Crippen molar-refractivity contribution in [1.82, 2.24) is 9.55 Å². The lowest BCUT2D eigenvalue weighted by atomic mass is 10.0. The zero-order chi connectivity index (χ0) is 20.8. The number of rotatable bonds is 7. The van der Waals surface area contributed by atoms with Crippen LogP contribution in [0.25, 0.3) is 0 Å². The number of carbonyl (C=O) groups excluding carboxylic acids is 1. The fourth-order valence-electron chi connectivity index (χ4n) is 3.21. The molecule has 0 spiro atoms. The van der Waals surface area contributed by atoms with E-state index in [4.69, 9.17) is 9.47 Å². The highest BCUT2D eigenvalue weighted by Gasteiger charge is 2.20. The second-order valence-corrected chi connectivity index (χ2v) is 7.33. The predicted octanol–water partition coefficient (Wildman–Crippen LogP) is 1.99. The standard InChI is InChI=1S/C21H28N4O4/c1-15(2)16-4-6-17(7-5-16)22-19(26)13-25-20(27)12-18(14-28-3)23-21(25)24-8-10-29-11-9-24/h4-7,12,15H,8-11,13-14H2,1-3H3,(H,22,26). The summed E-state index contributed by atoms with van der Waals surface area (Å²) < 4.78 is 11.9. The van der Waals surface area contributed by atoms with E-state index in [1.807, 2.05) is 29.2 Å². The molecule has 1 aromatic carbocycles. The summed E-state index contributed by atoms with van der Waals surface area (Å²) >= 11 is 0. The van der Waals surface area contributed by atoms with Gasteiger partial charge in [0.1, 0.15) is 6.54 Å². The van der Waals surface area contributed by atoms with Crippen molar-refractivity contribution >= 4 is 17.5 Å². The van der Waals surface area contributed by atoms with Crippen LogP contribution in [0, 0.1) is 0 Å². The summed E-state index contributed by atoms with van der Waals surface area (Å²) in [6, 6.07) is 9.15. The second kappa shape index (κ2) is 9.67. The first kappa shape index (κ1) is 21.0. The fourth-order valence-corrected chi connectivity index (χ4v) is 3.21. The van der Waals surface area contributed by atoms with E-state index in [0.29, 0.717) is 49.6 Å². The van der Waals surface area contributed by atoms with Crippen molar-refractivity contribution in [1.29, 1.82) is 0 Å².